The molecular weight excluding hydrogens is 358 g/mol. The van der Waals surface area contributed by atoms with Gasteiger partial charge in [0.2, 0.25) is 10.0 Å². The van der Waals surface area contributed by atoms with Gasteiger partial charge in [-0.2, -0.15) is 0 Å². The van der Waals surface area contributed by atoms with Crippen molar-refractivity contribution in [1.82, 2.24) is 0 Å². The Morgan fingerprint density at radius 3 is 2.69 bits per heavy atom. The fraction of sp³-hybridized carbons (Fsp3) is 0.235. The number of hydrogen-bond acceptors (Lipinski definition) is 5. The van der Waals surface area contributed by atoms with Crippen LogP contribution in [0.15, 0.2) is 42.5 Å². The Morgan fingerprint density at radius 2 is 2.00 bits per heavy atom. The number of hydrogen-bond donors (Lipinski definition) is 1. The average Bonchev–Trinajstić information content (AvgIpc) is 2.60. The summed E-state index contributed by atoms with van der Waals surface area (Å²) in [4.78, 5) is 22.6. The third kappa shape index (κ3) is 3.67. The number of benzene rings is 2. The van der Waals surface area contributed by atoms with Crippen LogP contribution >= 0.6 is 0 Å². The minimum absolute atomic E-state index is 0.150. The number of anilines is 2. The minimum atomic E-state index is -3.41. The molecule has 1 N–H and O–H groups in total. The van der Waals surface area contributed by atoms with Gasteiger partial charge in [-0.25, -0.2) is 8.42 Å². The zero-order valence-electron chi connectivity index (χ0n) is 14.0. The molecule has 1 aliphatic heterocycles. The lowest BCUT2D eigenvalue weighted by Gasteiger charge is -2.29. The van der Waals surface area contributed by atoms with Crippen molar-refractivity contribution in [3.63, 3.8) is 0 Å². The zero-order valence-corrected chi connectivity index (χ0v) is 14.8. The lowest BCUT2D eigenvalue weighted by molar-refractivity contribution is -0.384. The van der Waals surface area contributed by atoms with Gasteiger partial charge >= 0.3 is 0 Å². The molecule has 0 spiro atoms. The largest absolute Gasteiger partial charge is 0.322 e. The van der Waals surface area contributed by atoms with Gasteiger partial charge in [0.1, 0.15) is 0 Å². The highest BCUT2D eigenvalue weighted by Crippen LogP contribution is 2.31. The molecule has 2 aromatic carbocycles. The quantitative estimate of drug-likeness (QED) is 0.652. The Balaban J connectivity index is 1.88. The molecule has 2 aromatic rings. The molecule has 26 heavy (non-hydrogen) atoms. The van der Waals surface area contributed by atoms with Gasteiger partial charge in [0.25, 0.3) is 11.6 Å². The number of sulfonamides is 1. The Kier molecular flexibility index (Phi) is 4.64. The van der Waals surface area contributed by atoms with Crippen molar-refractivity contribution in [2.45, 2.75) is 12.8 Å². The molecule has 0 saturated carbocycles. The van der Waals surface area contributed by atoms with E-state index in [0.717, 1.165) is 24.7 Å². The van der Waals surface area contributed by atoms with E-state index in [1.807, 2.05) is 0 Å². The molecule has 0 unspecified atom stereocenters. The molecule has 1 aliphatic rings. The zero-order chi connectivity index (χ0) is 18.9. The summed E-state index contributed by atoms with van der Waals surface area (Å²) in [5, 5.41) is 13.5. The molecule has 0 atom stereocenters. The normalized spacial score (nSPS) is 13.8. The van der Waals surface area contributed by atoms with Crippen LogP contribution < -0.4 is 9.62 Å². The predicted molar refractivity (Wildman–Crippen MR) is 98.0 cm³/mol. The highest BCUT2D eigenvalue weighted by atomic mass is 32.2. The summed E-state index contributed by atoms with van der Waals surface area (Å²) in [6.07, 6.45) is 2.65. The van der Waals surface area contributed by atoms with Gasteiger partial charge < -0.3 is 5.32 Å². The molecular formula is C17H17N3O5S. The molecule has 9 heteroatoms. The number of amides is 1. The van der Waals surface area contributed by atoms with Crippen molar-refractivity contribution in [1.29, 1.82) is 0 Å². The number of nitrogens with one attached hydrogen (secondary N) is 1. The van der Waals surface area contributed by atoms with Crippen molar-refractivity contribution in [3.8, 4) is 0 Å². The smallest absolute Gasteiger partial charge is 0.270 e. The van der Waals surface area contributed by atoms with Crippen LogP contribution in [0.5, 0.6) is 0 Å². The molecule has 0 saturated heterocycles. The maximum absolute atomic E-state index is 12.4. The fourth-order valence-corrected chi connectivity index (χ4v) is 3.92. The molecule has 3 rings (SSSR count). The molecule has 0 aliphatic carbocycles. The summed E-state index contributed by atoms with van der Waals surface area (Å²) < 4.78 is 25.3. The summed E-state index contributed by atoms with van der Waals surface area (Å²) in [5.41, 5.74) is 1.85. The molecule has 0 aromatic heterocycles. The molecule has 0 bridgehead atoms. The van der Waals surface area contributed by atoms with Crippen LogP contribution in [-0.2, 0) is 16.4 Å². The van der Waals surface area contributed by atoms with Crippen molar-refractivity contribution < 1.29 is 18.1 Å². The number of aryl methyl sites for hydroxylation is 1. The molecule has 136 valence electrons. The average molecular weight is 375 g/mol. The van der Waals surface area contributed by atoms with E-state index in [2.05, 4.69) is 5.32 Å². The first-order valence-corrected chi connectivity index (χ1v) is 9.77. The van der Waals surface area contributed by atoms with Crippen LogP contribution in [0.2, 0.25) is 0 Å². The van der Waals surface area contributed by atoms with Crippen LogP contribution in [0.1, 0.15) is 22.3 Å². The Hall–Kier alpha value is -2.94. The lowest BCUT2D eigenvalue weighted by atomic mass is 10.0. The third-order valence-electron chi connectivity index (χ3n) is 4.14. The third-order valence-corrected chi connectivity index (χ3v) is 5.32. The Labute approximate surface area is 150 Å². The summed E-state index contributed by atoms with van der Waals surface area (Å²) in [7, 11) is -3.41. The topological polar surface area (TPSA) is 110 Å². The second kappa shape index (κ2) is 6.75. The van der Waals surface area contributed by atoms with Gasteiger partial charge in [-0.3, -0.25) is 19.2 Å². The van der Waals surface area contributed by atoms with Crippen LogP contribution in [-0.4, -0.2) is 32.0 Å². The standard InChI is InChI=1S/C17H17N3O5S/c1-26(24,25)19-9-3-5-12-7-8-14(11-16(12)19)18-17(21)13-4-2-6-15(10-13)20(22)23/h2,4,6-8,10-11H,3,5,9H2,1H3,(H,18,21). The van der Waals surface area contributed by atoms with Crippen molar-refractivity contribution in [3.05, 3.63) is 63.7 Å². The highest BCUT2D eigenvalue weighted by molar-refractivity contribution is 7.92. The number of carbonyl (C=O) groups excluding carboxylic acids is 1. The van der Waals surface area contributed by atoms with Crippen LogP contribution in [0.4, 0.5) is 17.1 Å². The predicted octanol–water partition coefficient (Wildman–Crippen LogP) is 2.56. The van der Waals surface area contributed by atoms with Gasteiger partial charge in [0.05, 0.1) is 16.9 Å². The van der Waals surface area contributed by atoms with E-state index in [1.165, 1.54) is 28.6 Å². The maximum atomic E-state index is 12.4. The van der Waals surface area contributed by atoms with Crippen LogP contribution in [0.25, 0.3) is 0 Å². The monoisotopic (exact) mass is 375 g/mol. The summed E-state index contributed by atoms with van der Waals surface area (Å²) in [6, 6.07) is 10.5. The number of fused-ring (bicyclic) bond motifs is 1. The number of carbonyl (C=O) groups is 1. The SMILES string of the molecule is CS(=O)(=O)N1CCCc2ccc(NC(=O)c3cccc([N+](=O)[O-])c3)cc21. The number of rotatable bonds is 4. The van der Waals surface area contributed by atoms with Gasteiger partial charge in [-0.1, -0.05) is 12.1 Å². The second-order valence-corrected chi connectivity index (χ2v) is 7.95. The van der Waals surface area contributed by atoms with E-state index in [1.54, 1.807) is 18.2 Å². The van der Waals surface area contributed by atoms with Gasteiger partial charge in [0.15, 0.2) is 0 Å². The Bertz CT molecular complexity index is 988. The van der Waals surface area contributed by atoms with Gasteiger partial charge in [0, 0.05) is 29.9 Å². The molecule has 0 radical (unpaired) electrons. The summed E-state index contributed by atoms with van der Waals surface area (Å²) >= 11 is 0. The van der Waals surface area contributed by atoms with E-state index in [0.29, 0.717) is 17.9 Å². The van der Waals surface area contributed by atoms with E-state index in [-0.39, 0.29) is 11.3 Å². The second-order valence-electron chi connectivity index (χ2n) is 6.04. The first-order valence-electron chi connectivity index (χ1n) is 7.92. The summed E-state index contributed by atoms with van der Waals surface area (Å²) in [5.74, 6) is -0.504. The molecule has 1 amide bonds. The van der Waals surface area contributed by atoms with Crippen molar-refractivity contribution in [2.24, 2.45) is 0 Å². The number of nitro benzene ring substituents is 1. The van der Waals surface area contributed by atoms with E-state index in [9.17, 15) is 23.3 Å². The van der Waals surface area contributed by atoms with E-state index < -0.39 is 20.9 Å². The summed E-state index contributed by atoms with van der Waals surface area (Å²) in [6.45, 7) is 0.397. The molecule has 1 heterocycles. The molecule has 8 nitrogen and oxygen atoms in total. The van der Waals surface area contributed by atoms with Crippen LogP contribution in [0, 0.1) is 10.1 Å². The number of nitrogens with zero attached hydrogens (tertiary/aromatic N) is 2. The first-order chi connectivity index (χ1) is 12.3. The fourth-order valence-electron chi connectivity index (χ4n) is 2.93. The van der Waals surface area contributed by atoms with E-state index in [4.69, 9.17) is 0 Å². The molecule has 0 fully saturated rings. The minimum Gasteiger partial charge on any atom is -0.322 e. The van der Waals surface area contributed by atoms with Crippen molar-refractivity contribution >= 4 is 33.0 Å². The number of non-ortho nitro benzene ring substituents is 1. The Morgan fingerprint density at radius 1 is 1.23 bits per heavy atom. The maximum Gasteiger partial charge on any atom is 0.270 e. The lowest BCUT2D eigenvalue weighted by Crippen LogP contribution is -2.34. The van der Waals surface area contributed by atoms with E-state index >= 15 is 0 Å². The highest BCUT2D eigenvalue weighted by Gasteiger charge is 2.24. The van der Waals surface area contributed by atoms with Gasteiger partial charge in [-0.15, -0.1) is 0 Å². The number of nitro groups is 1. The van der Waals surface area contributed by atoms with Crippen molar-refractivity contribution in [2.75, 3.05) is 22.4 Å². The first kappa shape index (κ1) is 17.9. The van der Waals surface area contributed by atoms with Crippen LogP contribution in [0.3, 0.4) is 0 Å². The van der Waals surface area contributed by atoms with Gasteiger partial charge in [-0.05, 0) is 36.6 Å².